The number of benzene rings is 1. The van der Waals surface area contributed by atoms with Crippen molar-refractivity contribution in [3.63, 3.8) is 0 Å². The van der Waals surface area contributed by atoms with Crippen molar-refractivity contribution in [2.75, 3.05) is 26.3 Å². The molecule has 1 N–H and O–H groups in total. The van der Waals surface area contributed by atoms with Gasteiger partial charge in [0.05, 0.1) is 12.2 Å². The molecule has 0 saturated carbocycles. The van der Waals surface area contributed by atoms with Gasteiger partial charge in [-0.3, -0.25) is 9.59 Å². The molecule has 0 aromatic heterocycles. The van der Waals surface area contributed by atoms with Crippen LogP contribution in [-0.2, 0) is 19.1 Å². The third-order valence-electron chi connectivity index (χ3n) is 9.41. The number of carbonyl (C=O) groups excluding carboxylic acids is 3. The van der Waals surface area contributed by atoms with Crippen molar-refractivity contribution in [1.29, 1.82) is 0 Å². The van der Waals surface area contributed by atoms with Gasteiger partial charge in [-0.25, -0.2) is 4.79 Å². The maximum atomic E-state index is 13.7. The normalized spacial score (nSPS) is 18.9. The summed E-state index contributed by atoms with van der Waals surface area (Å²) >= 11 is 0. The van der Waals surface area contributed by atoms with Crippen molar-refractivity contribution in [2.24, 2.45) is 10.8 Å². The Balaban J connectivity index is 2.11. The summed E-state index contributed by atoms with van der Waals surface area (Å²) in [5, 5.41) is 11.1. The maximum Gasteiger partial charge on any atom is 0.338 e. The van der Waals surface area contributed by atoms with E-state index in [4.69, 9.17) is 9.47 Å². The van der Waals surface area contributed by atoms with Gasteiger partial charge in [-0.15, -0.1) is 0 Å². The molecule has 0 spiro atoms. The van der Waals surface area contributed by atoms with Gasteiger partial charge >= 0.3 is 5.97 Å². The predicted molar refractivity (Wildman–Crippen MR) is 193 cm³/mol. The van der Waals surface area contributed by atoms with Gasteiger partial charge in [-0.05, 0) is 114 Å². The summed E-state index contributed by atoms with van der Waals surface area (Å²) in [6.45, 7) is 26.6. The molecule has 264 valence electrons. The molecule has 2 heterocycles. The fourth-order valence-electron chi connectivity index (χ4n) is 6.00. The smallest absolute Gasteiger partial charge is 0.338 e. The first kappa shape index (κ1) is 39.0. The zero-order valence-corrected chi connectivity index (χ0v) is 31.3. The topological polar surface area (TPSA) is 96.4 Å². The second-order valence-electron chi connectivity index (χ2n) is 16.1. The molecular formula is C40H58N2O6. The first-order valence-electron chi connectivity index (χ1n) is 17.2. The van der Waals surface area contributed by atoms with E-state index >= 15 is 0 Å². The Kier molecular flexibility index (Phi) is 12.1. The summed E-state index contributed by atoms with van der Waals surface area (Å²) in [4.78, 5) is 45.0. The van der Waals surface area contributed by atoms with Crippen LogP contribution >= 0.6 is 0 Å². The van der Waals surface area contributed by atoms with Crippen molar-refractivity contribution in [2.45, 2.75) is 113 Å². The van der Waals surface area contributed by atoms with Crippen LogP contribution < -0.4 is 0 Å². The SMILES string of the molecule is CCOC(=O)c1cc(/C=C/C(=O)C2=CN(C(C)(C)C)CCC2(C)C)c(C(O)OCC)cc1/C=C/C(=O)C1=CN(C(C)(C)C)CCC1(C)C. The summed E-state index contributed by atoms with van der Waals surface area (Å²) in [5.74, 6) is -0.875. The number of aliphatic hydroxyl groups excluding tert-OH is 1. The van der Waals surface area contributed by atoms with Crippen molar-refractivity contribution in [1.82, 2.24) is 9.80 Å². The minimum absolute atomic E-state index is 0.130. The molecular weight excluding hydrogens is 604 g/mol. The average molecular weight is 663 g/mol. The highest BCUT2D eigenvalue weighted by Gasteiger charge is 2.36. The average Bonchev–Trinajstić information content (AvgIpc) is 2.97. The summed E-state index contributed by atoms with van der Waals surface area (Å²) < 4.78 is 11.0. The predicted octanol–water partition coefficient (Wildman–Crippen LogP) is 7.88. The first-order chi connectivity index (χ1) is 22.1. The fourth-order valence-corrected chi connectivity index (χ4v) is 6.00. The largest absolute Gasteiger partial charge is 0.462 e. The van der Waals surface area contributed by atoms with E-state index in [9.17, 15) is 19.5 Å². The van der Waals surface area contributed by atoms with Gasteiger partial charge in [-0.1, -0.05) is 39.8 Å². The lowest BCUT2D eigenvalue weighted by Gasteiger charge is -2.43. The van der Waals surface area contributed by atoms with Crippen molar-refractivity contribution >= 4 is 29.7 Å². The zero-order chi connectivity index (χ0) is 36.2. The molecule has 1 aromatic rings. The van der Waals surface area contributed by atoms with E-state index in [1.165, 1.54) is 12.2 Å². The van der Waals surface area contributed by atoms with E-state index in [1.54, 1.807) is 38.1 Å². The van der Waals surface area contributed by atoms with Crippen LogP contribution in [-0.4, -0.2) is 69.8 Å². The van der Waals surface area contributed by atoms with Crippen LogP contribution in [0.1, 0.15) is 129 Å². The summed E-state index contributed by atoms with van der Waals surface area (Å²) in [6, 6.07) is 3.23. The molecule has 8 nitrogen and oxygen atoms in total. The van der Waals surface area contributed by atoms with Gasteiger partial charge in [0, 0.05) is 59.9 Å². The van der Waals surface area contributed by atoms with E-state index in [-0.39, 0.29) is 52.3 Å². The van der Waals surface area contributed by atoms with Crippen molar-refractivity contribution in [3.05, 3.63) is 70.1 Å². The van der Waals surface area contributed by atoms with Gasteiger partial charge in [0.15, 0.2) is 17.9 Å². The Morgan fingerprint density at radius 2 is 1.25 bits per heavy atom. The monoisotopic (exact) mass is 662 g/mol. The Labute approximate surface area is 288 Å². The third kappa shape index (κ3) is 9.35. The van der Waals surface area contributed by atoms with Crippen LogP contribution in [0.4, 0.5) is 0 Å². The number of carbonyl (C=O) groups is 3. The number of ketones is 2. The van der Waals surface area contributed by atoms with Gasteiger partial charge < -0.3 is 24.4 Å². The van der Waals surface area contributed by atoms with Crippen molar-refractivity contribution in [3.8, 4) is 0 Å². The molecule has 1 unspecified atom stereocenters. The number of ether oxygens (including phenoxy) is 2. The lowest BCUT2D eigenvalue weighted by molar-refractivity contribution is -0.113. The summed E-state index contributed by atoms with van der Waals surface area (Å²) in [6.07, 6.45) is 10.4. The molecule has 2 aliphatic heterocycles. The lowest BCUT2D eigenvalue weighted by atomic mass is 9.76. The molecule has 0 radical (unpaired) electrons. The quantitative estimate of drug-likeness (QED) is 0.145. The van der Waals surface area contributed by atoms with E-state index in [0.717, 1.165) is 25.9 Å². The Hall–Kier alpha value is -3.49. The molecule has 3 rings (SSSR count). The minimum atomic E-state index is -1.33. The third-order valence-corrected chi connectivity index (χ3v) is 9.41. The molecule has 0 bridgehead atoms. The molecule has 1 aromatic carbocycles. The van der Waals surface area contributed by atoms with Crippen LogP contribution in [0.25, 0.3) is 12.2 Å². The van der Waals surface area contributed by atoms with Crippen LogP contribution in [0.3, 0.4) is 0 Å². The number of esters is 1. The second-order valence-corrected chi connectivity index (χ2v) is 16.1. The second kappa shape index (κ2) is 15.0. The Morgan fingerprint density at radius 1 is 0.792 bits per heavy atom. The fraction of sp³-hybridized carbons (Fsp3) is 0.575. The maximum absolute atomic E-state index is 13.7. The number of rotatable bonds is 11. The van der Waals surface area contributed by atoms with Gasteiger partial charge in [0.1, 0.15) is 0 Å². The van der Waals surface area contributed by atoms with Gasteiger partial charge in [0.2, 0.25) is 0 Å². The molecule has 48 heavy (non-hydrogen) atoms. The number of allylic oxidation sites excluding steroid dienone is 4. The van der Waals surface area contributed by atoms with E-state index < -0.39 is 12.3 Å². The zero-order valence-electron chi connectivity index (χ0n) is 31.3. The highest BCUT2D eigenvalue weighted by atomic mass is 16.6. The van der Waals surface area contributed by atoms with E-state index in [0.29, 0.717) is 27.8 Å². The molecule has 1 atom stereocenters. The van der Waals surface area contributed by atoms with Crippen molar-refractivity contribution < 1.29 is 29.0 Å². The molecule has 0 amide bonds. The lowest BCUT2D eigenvalue weighted by Crippen LogP contribution is -2.44. The van der Waals surface area contributed by atoms with Gasteiger partial charge in [0.25, 0.3) is 0 Å². The van der Waals surface area contributed by atoms with Crippen LogP contribution in [0.15, 0.2) is 47.8 Å². The van der Waals surface area contributed by atoms with E-state index in [1.807, 2.05) is 12.4 Å². The first-order valence-corrected chi connectivity index (χ1v) is 17.2. The van der Waals surface area contributed by atoms with Crippen LogP contribution in [0, 0.1) is 10.8 Å². The standard InChI is InChI=1S/C40H58N2O6/c1-13-47-35(45)29-23-28(16-18-34(44)32-26-42(38(6,7)8)22-20-40(32,11)12)30(36(46)48-14-2)24-27(29)15-17-33(43)31-25-41(37(3,4)5)21-19-39(31,9)10/h15-18,23-26,35,45H,13-14,19-22H2,1-12H3/b17-15+,18-16+. The number of hydrogen-bond donors (Lipinski definition) is 1. The minimum Gasteiger partial charge on any atom is -0.462 e. The Bertz CT molecular complexity index is 1500. The van der Waals surface area contributed by atoms with Crippen LogP contribution in [0.2, 0.25) is 0 Å². The summed E-state index contributed by atoms with van der Waals surface area (Å²) in [7, 11) is 0. The van der Waals surface area contributed by atoms with E-state index in [2.05, 4.69) is 79.0 Å². The van der Waals surface area contributed by atoms with Crippen LogP contribution in [0.5, 0.6) is 0 Å². The van der Waals surface area contributed by atoms with Gasteiger partial charge in [-0.2, -0.15) is 0 Å². The Morgan fingerprint density at radius 3 is 1.67 bits per heavy atom. The number of hydrogen-bond acceptors (Lipinski definition) is 8. The number of nitrogens with zero attached hydrogens (tertiary/aromatic N) is 2. The number of aliphatic hydroxyl groups is 1. The molecule has 2 aliphatic rings. The summed E-state index contributed by atoms with van der Waals surface area (Å²) in [5.41, 5.74) is 1.90. The molecule has 0 fully saturated rings. The molecule has 0 saturated heterocycles. The molecule has 0 aliphatic carbocycles. The molecule has 8 heteroatoms. The highest BCUT2D eigenvalue weighted by molar-refractivity contribution is 6.09. The highest BCUT2D eigenvalue weighted by Crippen LogP contribution is 2.39.